The largest absolute Gasteiger partial charge is 0.312 e. The van der Waals surface area contributed by atoms with Crippen molar-refractivity contribution in [1.82, 2.24) is 10.0 Å². The van der Waals surface area contributed by atoms with Gasteiger partial charge in [0.15, 0.2) is 0 Å². The maximum absolute atomic E-state index is 12.3. The van der Waals surface area contributed by atoms with E-state index in [1.165, 1.54) is 11.3 Å². The predicted octanol–water partition coefficient (Wildman–Crippen LogP) is 2.42. The van der Waals surface area contributed by atoms with Gasteiger partial charge in [-0.05, 0) is 44.2 Å². The van der Waals surface area contributed by atoms with E-state index in [2.05, 4.69) is 16.3 Å². The molecule has 0 spiro atoms. The molecule has 1 aromatic heterocycles. The van der Waals surface area contributed by atoms with Gasteiger partial charge in [0.2, 0.25) is 10.0 Å². The molecule has 1 aliphatic rings. The Balaban J connectivity index is 1.98. The second-order valence-electron chi connectivity index (χ2n) is 4.99. The van der Waals surface area contributed by atoms with E-state index in [-0.39, 0.29) is 6.04 Å². The van der Waals surface area contributed by atoms with E-state index >= 15 is 0 Å². The van der Waals surface area contributed by atoms with Crippen molar-refractivity contribution in [2.75, 3.05) is 12.8 Å². The minimum Gasteiger partial charge on any atom is -0.312 e. The number of hydrogen-bond acceptors (Lipinski definition) is 5. The molecule has 2 N–H and O–H groups in total. The van der Waals surface area contributed by atoms with Crippen molar-refractivity contribution in [2.24, 2.45) is 0 Å². The Bertz CT molecular complexity index is 527. The zero-order valence-electron chi connectivity index (χ0n) is 11.9. The summed E-state index contributed by atoms with van der Waals surface area (Å²) in [5, 5.41) is 3.80. The molecule has 1 heterocycles. The van der Waals surface area contributed by atoms with Crippen molar-refractivity contribution < 1.29 is 8.42 Å². The molecule has 114 valence electrons. The van der Waals surface area contributed by atoms with Crippen LogP contribution in [-0.4, -0.2) is 32.5 Å². The summed E-state index contributed by atoms with van der Waals surface area (Å²) in [7, 11) is -3.35. The second-order valence-corrected chi connectivity index (χ2v) is 9.24. The van der Waals surface area contributed by atoms with Gasteiger partial charge in [-0.1, -0.05) is 6.92 Å². The summed E-state index contributed by atoms with van der Waals surface area (Å²) in [5.41, 5.74) is 0. The van der Waals surface area contributed by atoms with Crippen molar-refractivity contribution in [3.63, 3.8) is 0 Å². The van der Waals surface area contributed by atoms with Gasteiger partial charge in [0.25, 0.3) is 0 Å². The molecule has 20 heavy (non-hydrogen) atoms. The highest BCUT2D eigenvalue weighted by Gasteiger charge is 2.28. The molecule has 1 saturated carbocycles. The lowest BCUT2D eigenvalue weighted by atomic mass is 10.3. The number of nitrogens with one attached hydrogen (secondary N) is 2. The highest BCUT2D eigenvalue weighted by molar-refractivity contribution is 7.99. The molecular formula is C13H22N2O2S3. The Kier molecular flexibility index (Phi) is 5.92. The van der Waals surface area contributed by atoms with Crippen molar-refractivity contribution in [2.45, 2.75) is 48.2 Å². The lowest BCUT2D eigenvalue weighted by Gasteiger charge is -2.12. The predicted molar refractivity (Wildman–Crippen MR) is 87.0 cm³/mol. The monoisotopic (exact) mass is 334 g/mol. The molecular weight excluding hydrogens is 312 g/mol. The molecule has 1 fully saturated rings. The highest BCUT2D eigenvalue weighted by Crippen LogP contribution is 2.30. The van der Waals surface area contributed by atoms with Crippen LogP contribution in [0.3, 0.4) is 0 Å². The summed E-state index contributed by atoms with van der Waals surface area (Å²) in [4.78, 5) is 1.06. The fraction of sp³-hybridized carbons (Fsp3) is 0.692. The van der Waals surface area contributed by atoms with Crippen molar-refractivity contribution in [3.8, 4) is 0 Å². The van der Waals surface area contributed by atoms with Gasteiger partial charge >= 0.3 is 0 Å². The van der Waals surface area contributed by atoms with Crippen LogP contribution in [0.2, 0.25) is 0 Å². The van der Waals surface area contributed by atoms with Gasteiger partial charge in [-0.3, -0.25) is 0 Å². The first kappa shape index (κ1) is 16.3. The zero-order chi connectivity index (χ0) is 14.6. The molecule has 0 radical (unpaired) electrons. The highest BCUT2D eigenvalue weighted by atomic mass is 32.2. The SMILES string of the molecule is CCNCc1ccc(S(=O)(=O)NC2CCC(SC)C2)s1. The van der Waals surface area contributed by atoms with Gasteiger partial charge in [-0.15, -0.1) is 11.3 Å². The average molecular weight is 335 g/mol. The third kappa shape index (κ3) is 4.21. The van der Waals surface area contributed by atoms with E-state index in [9.17, 15) is 8.42 Å². The van der Waals surface area contributed by atoms with Crippen LogP contribution in [0.15, 0.2) is 16.3 Å². The molecule has 0 aromatic carbocycles. The Labute approximate surface area is 129 Å². The summed E-state index contributed by atoms with van der Waals surface area (Å²) in [6, 6.07) is 3.69. The smallest absolute Gasteiger partial charge is 0.250 e. The van der Waals surface area contributed by atoms with Gasteiger partial charge in [0.05, 0.1) is 0 Å². The van der Waals surface area contributed by atoms with Gasteiger partial charge < -0.3 is 5.32 Å². The van der Waals surface area contributed by atoms with E-state index in [4.69, 9.17) is 0 Å². The Hall–Kier alpha value is -0.0800. The van der Waals surface area contributed by atoms with Crippen LogP contribution >= 0.6 is 23.1 Å². The topological polar surface area (TPSA) is 58.2 Å². The van der Waals surface area contributed by atoms with E-state index in [1.807, 2.05) is 24.8 Å². The van der Waals surface area contributed by atoms with E-state index in [1.54, 1.807) is 6.07 Å². The molecule has 1 aliphatic carbocycles. The molecule has 0 aliphatic heterocycles. The molecule has 7 heteroatoms. The van der Waals surface area contributed by atoms with Gasteiger partial charge in [0.1, 0.15) is 4.21 Å². The average Bonchev–Trinajstić information content (AvgIpc) is 3.04. The number of thiophene rings is 1. The van der Waals surface area contributed by atoms with Crippen molar-refractivity contribution >= 4 is 33.1 Å². The fourth-order valence-corrected chi connectivity index (χ4v) is 5.81. The van der Waals surface area contributed by atoms with Crippen molar-refractivity contribution in [1.29, 1.82) is 0 Å². The third-order valence-electron chi connectivity index (χ3n) is 3.49. The normalized spacial score (nSPS) is 23.3. The molecule has 2 atom stereocenters. The Morgan fingerprint density at radius 3 is 2.85 bits per heavy atom. The first-order chi connectivity index (χ1) is 9.55. The lowest BCUT2D eigenvalue weighted by molar-refractivity contribution is 0.554. The maximum Gasteiger partial charge on any atom is 0.250 e. The summed E-state index contributed by atoms with van der Waals surface area (Å²) in [5.74, 6) is 0. The minimum atomic E-state index is -3.35. The molecule has 0 saturated heterocycles. The summed E-state index contributed by atoms with van der Waals surface area (Å²) >= 11 is 3.18. The molecule has 0 bridgehead atoms. The maximum atomic E-state index is 12.3. The lowest BCUT2D eigenvalue weighted by Crippen LogP contribution is -2.32. The van der Waals surface area contributed by atoms with Crippen LogP contribution in [0.1, 0.15) is 31.1 Å². The van der Waals surface area contributed by atoms with Crippen LogP contribution in [0, 0.1) is 0 Å². The fourth-order valence-electron chi connectivity index (χ4n) is 2.38. The summed E-state index contributed by atoms with van der Waals surface area (Å²) in [6.45, 7) is 3.65. The third-order valence-corrected chi connectivity index (χ3v) is 7.68. The van der Waals surface area contributed by atoms with E-state index < -0.39 is 10.0 Å². The standard InChI is InChI=1S/C13H22N2O2S3/c1-3-14-9-12-6-7-13(19-12)20(16,17)15-10-4-5-11(8-10)18-2/h6-7,10-11,14-15H,3-5,8-9H2,1-2H3. The molecule has 1 aromatic rings. The van der Waals surface area contributed by atoms with Crippen LogP contribution in [0.5, 0.6) is 0 Å². The van der Waals surface area contributed by atoms with E-state index in [0.29, 0.717) is 9.46 Å². The number of rotatable bonds is 7. The second kappa shape index (κ2) is 7.26. The van der Waals surface area contributed by atoms with Crippen LogP contribution in [0.4, 0.5) is 0 Å². The van der Waals surface area contributed by atoms with Gasteiger partial charge in [-0.2, -0.15) is 11.8 Å². The number of hydrogen-bond donors (Lipinski definition) is 2. The van der Waals surface area contributed by atoms with Crippen LogP contribution in [0.25, 0.3) is 0 Å². The summed E-state index contributed by atoms with van der Waals surface area (Å²) < 4.78 is 28.0. The van der Waals surface area contributed by atoms with Crippen LogP contribution < -0.4 is 10.0 Å². The first-order valence-corrected chi connectivity index (χ1v) is 10.5. The quantitative estimate of drug-likeness (QED) is 0.804. The molecule has 4 nitrogen and oxygen atoms in total. The summed E-state index contributed by atoms with van der Waals surface area (Å²) in [6.07, 6.45) is 5.08. The van der Waals surface area contributed by atoms with Crippen molar-refractivity contribution in [3.05, 3.63) is 17.0 Å². The molecule has 2 unspecified atom stereocenters. The molecule has 2 rings (SSSR count). The van der Waals surface area contributed by atoms with Gasteiger partial charge in [0, 0.05) is 22.7 Å². The van der Waals surface area contributed by atoms with E-state index in [0.717, 1.165) is 37.2 Å². The number of sulfonamides is 1. The molecule has 0 amide bonds. The minimum absolute atomic E-state index is 0.0942. The zero-order valence-corrected chi connectivity index (χ0v) is 14.3. The van der Waals surface area contributed by atoms with Gasteiger partial charge in [-0.25, -0.2) is 13.1 Å². The first-order valence-electron chi connectivity index (χ1n) is 6.89. The number of thioether (sulfide) groups is 1. The Morgan fingerprint density at radius 2 is 2.20 bits per heavy atom. The van der Waals surface area contributed by atoms with Crippen LogP contribution in [-0.2, 0) is 16.6 Å². The Morgan fingerprint density at radius 1 is 1.40 bits per heavy atom.